The van der Waals surface area contributed by atoms with Gasteiger partial charge in [-0.3, -0.25) is 4.79 Å². The molecule has 1 aromatic rings. The smallest absolute Gasteiger partial charge is 0.251 e. The molecule has 15 heavy (non-hydrogen) atoms. The summed E-state index contributed by atoms with van der Waals surface area (Å²) in [4.78, 5) is 11.5. The lowest BCUT2D eigenvalue weighted by Crippen LogP contribution is -2.39. The first kappa shape index (κ1) is 11.8. The molecule has 1 atom stereocenters. The molecular weight excluding hydrogens is 186 g/mol. The SMILES string of the molecule is CC.Cc1ccc2c(c1)CC(C)NC2=O. The van der Waals surface area contributed by atoms with Crippen molar-refractivity contribution < 1.29 is 4.79 Å². The van der Waals surface area contributed by atoms with Crippen molar-refractivity contribution in [1.82, 2.24) is 5.32 Å². The molecule has 2 nitrogen and oxygen atoms in total. The van der Waals surface area contributed by atoms with Crippen LogP contribution in [0.4, 0.5) is 0 Å². The van der Waals surface area contributed by atoms with Gasteiger partial charge in [-0.25, -0.2) is 0 Å². The Kier molecular flexibility index (Phi) is 3.89. The van der Waals surface area contributed by atoms with Crippen LogP contribution in [-0.2, 0) is 6.42 Å². The maximum absolute atomic E-state index is 11.5. The molecule has 2 heteroatoms. The van der Waals surface area contributed by atoms with Crippen LogP contribution in [0.25, 0.3) is 0 Å². The van der Waals surface area contributed by atoms with E-state index in [-0.39, 0.29) is 11.9 Å². The molecule has 2 rings (SSSR count). The minimum Gasteiger partial charge on any atom is -0.349 e. The van der Waals surface area contributed by atoms with Crippen molar-refractivity contribution >= 4 is 5.91 Å². The number of nitrogens with one attached hydrogen (secondary N) is 1. The maximum atomic E-state index is 11.5. The molecule has 82 valence electrons. The largest absolute Gasteiger partial charge is 0.349 e. The zero-order valence-corrected chi connectivity index (χ0v) is 9.92. The highest BCUT2D eigenvalue weighted by molar-refractivity contribution is 5.97. The molecule has 0 radical (unpaired) electrons. The van der Waals surface area contributed by atoms with Crippen molar-refractivity contribution in [2.45, 2.75) is 40.2 Å². The highest BCUT2D eigenvalue weighted by atomic mass is 16.1. The zero-order chi connectivity index (χ0) is 11.4. The van der Waals surface area contributed by atoms with Gasteiger partial charge in [-0.2, -0.15) is 0 Å². The third kappa shape index (κ3) is 2.58. The van der Waals surface area contributed by atoms with Crippen molar-refractivity contribution in [3.63, 3.8) is 0 Å². The Morgan fingerprint density at radius 3 is 2.67 bits per heavy atom. The number of carbonyl (C=O) groups is 1. The first-order valence-electron chi connectivity index (χ1n) is 5.57. The van der Waals surface area contributed by atoms with Crippen molar-refractivity contribution in [2.75, 3.05) is 0 Å². The normalized spacial score (nSPS) is 18.4. The molecule has 1 aromatic carbocycles. The van der Waals surface area contributed by atoms with Gasteiger partial charge in [-0.1, -0.05) is 31.5 Å². The standard InChI is InChI=1S/C11H13NO.C2H6/c1-7-3-4-10-9(5-7)6-8(2)12-11(10)13;1-2/h3-5,8H,6H2,1-2H3,(H,12,13);1-2H3. The van der Waals surface area contributed by atoms with E-state index in [1.807, 2.05) is 32.9 Å². The van der Waals surface area contributed by atoms with Gasteiger partial charge in [0.2, 0.25) is 0 Å². The molecule has 1 amide bonds. The van der Waals surface area contributed by atoms with Gasteiger partial charge in [0.05, 0.1) is 0 Å². The van der Waals surface area contributed by atoms with Gasteiger partial charge < -0.3 is 5.32 Å². The number of aryl methyl sites for hydroxylation is 1. The van der Waals surface area contributed by atoms with Gasteiger partial charge in [-0.15, -0.1) is 0 Å². The van der Waals surface area contributed by atoms with Crippen molar-refractivity contribution in [2.24, 2.45) is 0 Å². The Morgan fingerprint density at radius 1 is 1.33 bits per heavy atom. The van der Waals surface area contributed by atoms with E-state index in [1.165, 1.54) is 11.1 Å². The number of hydrogen-bond acceptors (Lipinski definition) is 1. The molecular formula is C13H19NO. The lowest BCUT2D eigenvalue weighted by atomic mass is 9.94. The molecule has 0 bridgehead atoms. The van der Waals surface area contributed by atoms with E-state index in [9.17, 15) is 4.79 Å². The molecule has 0 spiro atoms. The molecule has 0 saturated carbocycles. The third-order valence-electron chi connectivity index (χ3n) is 2.41. The third-order valence-corrected chi connectivity index (χ3v) is 2.41. The topological polar surface area (TPSA) is 29.1 Å². The lowest BCUT2D eigenvalue weighted by molar-refractivity contribution is 0.0929. The highest BCUT2D eigenvalue weighted by Crippen LogP contribution is 2.17. The summed E-state index contributed by atoms with van der Waals surface area (Å²) in [5.41, 5.74) is 3.24. The fourth-order valence-corrected chi connectivity index (χ4v) is 1.80. The minimum absolute atomic E-state index is 0.0637. The number of carbonyl (C=O) groups excluding carboxylic acids is 1. The van der Waals surface area contributed by atoms with Crippen LogP contribution in [0.5, 0.6) is 0 Å². The first-order valence-corrected chi connectivity index (χ1v) is 5.57. The monoisotopic (exact) mass is 205 g/mol. The second-order valence-electron chi connectivity index (χ2n) is 3.74. The molecule has 1 heterocycles. The fraction of sp³-hybridized carbons (Fsp3) is 0.462. The second-order valence-corrected chi connectivity index (χ2v) is 3.74. The fourth-order valence-electron chi connectivity index (χ4n) is 1.80. The number of benzene rings is 1. The van der Waals surface area contributed by atoms with Crippen LogP contribution >= 0.6 is 0 Å². The summed E-state index contributed by atoms with van der Waals surface area (Å²) in [5, 5.41) is 2.92. The van der Waals surface area contributed by atoms with Gasteiger partial charge in [0, 0.05) is 11.6 Å². The molecule has 1 unspecified atom stereocenters. The van der Waals surface area contributed by atoms with Crippen LogP contribution < -0.4 is 5.32 Å². The Labute approximate surface area is 91.7 Å². The number of rotatable bonds is 0. The predicted molar refractivity (Wildman–Crippen MR) is 63.2 cm³/mol. The predicted octanol–water partition coefficient (Wildman–Crippen LogP) is 2.70. The quantitative estimate of drug-likeness (QED) is 0.693. The Balaban J connectivity index is 0.000000531. The van der Waals surface area contributed by atoms with E-state index in [0.717, 1.165) is 12.0 Å². The molecule has 1 N–H and O–H groups in total. The van der Waals surface area contributed by atoms with Crippen molar-refractivity contribution in [3.8, 4) is 0 Å². The molecule has 1 aliphatic rings. The van der Waals surface area contributed by atoms with E-state index in [4.69, 9.17) is 0 Å². The van der Waals surface area contributed by atoms with Crippen LogP contribution in [-0.4, -0.2) is 11.9 Å². The van der Waals surface area contributed by atoms with Gasteiger partial charge in [0.25, 0.3) is 5.91 Å². The van der Waals surface area contributed by atoms with Crippen LogP contribution in [0, 0.1) is 6.92 Å². The molecule has 0 aliphatic carbocycles. The Bertz CT molecular complexity index is 358. The van der Waals surface area contributed by atoms with Crippen molar-refractivity contribution in [1.29, 1.82) is 0 Å². The summed E-state index contributed by atoms with van der Waals surface area (Å²) >= 11 is 0. The number of amides is 1. The summed E-state index contributed by atoms with van der Waals surface area (Å²) < 4.78 is 0. The molecule has 0 fully saturated rings. The molecule has 0 aromatic heterocycles. The van der Waals surface area contributed by atoms with Gasteiger partial charge in [0.15, 0.2) is 0 Å². The number of hydrogen-bond donors (Lipinski definition) is 1. The summed E-state index contributed by atoms with van der Waals surface area (Å²) in [7, 11) is 0. The van der Waals surface area contributed by atoms with Gasteiger partial charge in [-0.05, 0) is 31.9 Å². The van der Waals surface area contributed by atoms with Crippen LogP contribution in [0.15, 0.2) is 18.2 Å². The average Bonchev–Trinajstić information content (AvgIpc) is 2.19. The average molecular weight is 205 g/mol. The minimum atomic E-state index is 0.0637. The first-order chi connectivity index (χ1) is 7.16. The summed E-state index contributed by atoms with van der Waals surface area (Å²) in [6.45, 7) is 8.08. The summed E-state index contributed by atoms with van der Waals surface area (Å²) in [6.07, 6.45) is 0.947. The van der Waals surface area contributed by atoms with E-state index < -0.39 is 0 Å². The van der Waals surface area contributed by atoms with Crippen LogP contribution in [0.1, 0.15) is 42.3 Å². The van der Waals surface area contributed by atoms with Crippen molar-refractivity contribution in [3.05, 3.63) is 34.9 Å². The molecule has 0 saturated heterocycles. The van der Waals surface area contributed by atoms with Gasteiger partial charge in [0.1, 0.15) is 0 Å². The van der Waals surface area contributed by atoms with E-state index in [0.29, 0.717) is 0 Å². The van der Waals surface area contributed by atoms with E-state index in [2.05, 4.69) is 18.3 Å². The van der Waals surface area contributed by atoms with Crippen LogP contribution in [0.3, 0.4) is 0 Å². The maximum Gasteiger partial charge on any atom is 0.251 e. The Morgan fingerprint density at radius 2 is 2.00 bits per heavy atom. The Hall–Kier alpha value is -1.31. The second kappa shape index (κ2) is 4.96. The number of fused-ring (bicyclic) bond motifs is 1. The summed E-state index contributed by atoms with van der Waals surface area (Å²) in [6, 6.07) is 6.26. The molecule has 1 aliphatic heterocycles. The summed E-state index contributed by atoms with van der Waals surface area (Å²) in [5.74, 6) is 0.0637. The van der Waals surface area contributed by atoms with E-state index in [1.54, 1.807) is 0 Å². The lowest BCUT2D eigenvalue weighted by Gasteiger charge is -2.22. The zero-order valence-electron chi connectivity index (χ0n) is 9.92. The van der Waals surface area contributed by atoms with Crippen LogP contribution in [0.2, 0.25) is 0 Å². The van der Waals surface area contributed by atoms with E-state index >= 15 is 0 Å². The van der Waals surface area contributed by atoms with Gasteiger partial charge >= 0.3 is 0 Å². The highest BCUT2D eigenvalue weighted by Gasteiger charge is 2.20.